The summed E-state index contributed by atoms with van der Waals surface area (Å²) in [6.07, 6.45) is 1.98. The van der Waals surface area contributed by atoms with Crippen LogP contribution in [0.4, 0.5) is 17.6 Å². The topological polar surface area (TPSA) is 60.7 Å². The van der Waals surface area contributed by atoms with Crippen LogP contribution in [0.15, 0.2) is 6.07 Å². The van der Waals surface area contributed by atoms with E-state index in [1.807, 2.05) is 0 Å². The standard InChI is InChI=1S/C12H16F4O3Si/c13-9-7-8(10(14)12(16)11(9)15)5-3-1-2-4-6-20(17,18)19/h7,17-19H,1-6H2. The Kier molecular flexibility index (Phi) is 6.12. The molecule has 8 heteroatoms. The maximum Gasteiger partial charge on any atom is 0.492 e. The zero-order valence-electron chi connectivity index (χ0n) is 10.7. The normalized spacial score (nSPS) is 11.9. The van der Waals surface area contributed by atoms with E-state index in [1.165, 1.54) is 0 Å². The highest BCUT2D eigenvalue weighted by Gasteiger charge is 2.25. The summed E-state index contributed by atoms with van der Waals surface area (Å²) < 4.78 is 51.9. The van der Waals surface area contributed by atoms with Crippen molar-refractivity contribution in [2.45, 2.75) is 38.1 Å². The first kappa shape index (κ1) is 17.1. The van der Waals surface area contributed by atoms with Crippen molar-refractivity contribution in [2.24, 2.45) is 0 Å². The average Bonchev–Trinajstić information content (AvgIpc) is 2.35. The maximum absolute atomic E-state index is 13.3. The van der Waals surface area contributed by atoms with Crippen LogP contribution in [0, 0.1) is 23.3 Å². The predicted molar refractivity (Wildman–Crippen MR) is 65.7 cm³/mol. The molecule has 0 heterocycles. The first-order chi connectivity index (χ1) is 9.22. The minimum Gasteiger partial charge on any atom is -0.390 e. The van der Waals surface area contributed by atoms with Gasteiger partial charge in [0.2, 0.25) is 0 Å². The Morgan fingerprint density at radius 1 is 0.800 bits per heavy atom. The lowest BCUT2D eigenvalue weighted by molar-refractivity contribution is 0.226. The number of halogens is 4. The van der Waals surface area contributed by atoms with E-state index in [9.17, 15) is 17.6 Å². The Morgan fingerprint density at radius 2 is 1.40 bits per heavy atom. The highest BCUT2D eigenvalue weighted by Crippen LogP contribution is 2.20. The molecule has 1 aromatic rings. The van der Waals surface area contributed by atoms with Gasteiger partial charge in [-0.2, -0.15) is 0 Å². The molecule has 0 aliphatic carbocycles. The fourth-order valence-corrected chi connectivity index (χ4v) is 2.56. The van der Waals surface area contributed by atoms with Crippen LogP contribution in [0.5, 0.6) is 0 Å². The molecule has 3 nitrogen and oxygen atoms in total. The lowest BCUT2D eigenvalue weighted by Crippen LogP contribution is -2.33. The van der Waals surface area contributed by atoms with Gasteiger partial charge in [0.1, 0.15) is 0 Å². The van der Waals surface area contributed by atoms with E-state index in [-0.39, 0.29) is 18.0 Å². The number of hydrogen-bond acceptors (Lipinski definition) is 3. The van der Waals surface area contributed by atoms with Gasteiger partial charge in [-0.25, -0.2) is 17.6 Å². The van der Waals surface area contributed by atoms with E-state index in [1.54, 1.807) is 0 Å². The smallest absolute Gasteiger partial charge is 0.390 e. The number of hydrogen-bond donors (Lipinski definition) is 3. The van der Waals surface area contributed by atoms with Crippen molar-refractivity contribution in [2.75, 3.05) is 0 Å². The van der Waals surface area contributed by atoms with Crippen LogP contribution in [-0.2, 0) is 6.42 Å². The molecular weight excluding hydrogens is 296 g/mol. The molecule has 20 heavy (non-hydrogen) atoms. The molecule has 0 fully saturated rings. The Hall–Kier alpha value is -0.963. The lowest BCUT2D eigenvalue weighted by Gasteiger charge is -2.09. The van der Waals surface area contributed by atoms with Crippen LogP contribution >= 0.6 is 0 Å². The molecule has 0 aliphatic rings. The van der Waals surface area contributed by atoms with Crippen molar-refractivity contribution >= 4 is 8.80 Å². The molecule has 0 amide bonds. The van der Waals surface area contributed by atoms with E-state index >= 15 is 0 Å². The second-order valence-corrected chi connectivity index (χ2v) is 6.70. The number of benzene rings is 1. The SMILES string of the molecule is O[Si](O)(O)CCCCCCc1cc(F)c(F)c(F)c1F. The highest BCUT2D eigenvalue weighted by molar-refractivity contribution is 6.56. The molecule has 1 aromatic carbocycles. The van der Waals surface area contributed by atoms with Crippen LogP contribution in [0.1, 0.15) is 31.2 Å². The molecule has 3 N–H and O–H groups in total. The third-order valence-electron chi connectivity index (χ3n) is 2.89. The van der Waals surface area contributed by atoms with Gasteiger partial charge < -0.3 is 14.4 Å². The molecule has 0 saturated heterocycles. The second kappa shape index (κ2) is 7.16. The number of aryl methyl sites for hydroxylation is 1. The van der Waals surface area contributed by atoms with Crippen LogP contribution in [0.2, 0.25) is 6.04 Å². The van der Waals surface area contributed by atoms with Gasteiger partial charge in [-0.3, -0.25) is 0 Å². The molecule has 1 rings (SSSR count). The maximum atomic E-state index is 13.3. The van der Waals surface area contributed by atoms with Crippen molar-refractivity contribution in [3.63, 3.8) is 0 Å². The summed E-state index contributed by atoms with van der Waals surface area (Å²) in [6, 6.07) is 0.558. The van der Waals surface area contributed by atoms with Crippen molar-refractivity contribution in [1.29, 1.82) is 0 Å². The van der Waals surface area contributed by atoms with Gasteiger partial charge in [0.25, 0.3) is 0 Å². The van der Waals surface area contributed by atoms with Gasteiger partial charge in [0, 0.05) is 6.04 Å². The Balaban J connectivity index is 2.40. The molecule has 0 aromatic heterocycles. The first-order valence-corrected chi connectivity index (χ1v) is 8.26. The third-order valence-corrected chi connectivity index (χ3v) is 3.91. The van der Waals surface area contributed by atoms with E-state index in [4.69, 9.17) is 14.4 Å². The van der Waals surface area contributed by atoms with E-state index in [0.29, 0.717) is 31.7 Å². The average molecular weight is 312 g/mol. The van der Waals surface area contributed by atoms with E-state index < -0.39 is 32.1 Å². The number of rotatable bonds is 7. The summed E-state index contributed by atoms with van der Waals surface area (Å²) >= 11 is 0. The van der Waals surface area contributed by atoms with E-state index in [0.717, 1.165) is 0 Å². The van der Waals surface area contributed by atoms with Crippen molar-refractivity contribution in [1.82, 2.24) is 0 Å². The largest absolute Gasteiger partial charge is 0.492 e. The fourth-order valence-electron chi connectivity index (χ4n) is 1.83. The number of unbranched alkanes of at least 4 members (excludes halogenated alkanes) is 3. The first-order valence-electron chi connectivity index (χ1n) is 6.21. The summed E-state index contributed by atoms with van der Waals surface area (Å²) in [4.78, 5) is 26.3. The minimum absolute atomic E-state index is 0.0555. The summed E-state index contributed by atoms with van der Waals surface area (Å²) in [5.41, 5.74) is -0.225. The minimum atomic E-state index is -4.01. The van der Waals surface area contributed by atoms with Gasteiger partial charge in [0.05, 0.1) is 0 Å². The molecule has 0 bridgehead atoms. The summed E-state index contributed by atoms with van der Waals surface area (Å²) in [5.74, 6) is -6.43. The second-order valence-electron chi connectivity index (χ2n) is 4.65. The summed E-state index contributed by atoms with van der Waals surface area (Å²) in [7, 11) is -4.01. The Bertz CT molecular complexity index is 463. The third kappa shape index (κ3) is 5.20. The van der Waals surface area contributed by atoms with Gasteiger partial charge in [-0.15, -0.1) is 0 Å². The van der Waals surface area contributed by atoms with Crippen LogP contribution in [0.3, 0.4) is 0 Å². The highest BCUT2D eigenvalue weighted by atomic mass is 28.4. The van der Waals surface area contributed by atoms with Crippen LogP contribution in [0.25, 0.3) is 0 Å². The molecule has 0 aliphatic heterocycles. The van der Waals surface area contributed by atoms with Crippen LogP contribution < -0.4 is 0 Å². The molecule has 0 spiro atoms. The lowest BCUT2D eigenvalue weighted by atomic mass is 10.1. The van der Waals surface area contributed by atoms with Gasteiger partial charge in [-0.1, -0.05) is 12.8 Å². The Morgan fingerprint density at radius 3 is 2.00 bits per heavy atom. The molecule has 114 valence electrons. The molecule has 0 radical (unpaired) electrons. The quantitative estimate of drug-likeness (QED) is 0.238. The van der Waals surface area contributed by atoms with Crippen molar-refractivity contribution in [3.05, 3.63) is 34.9 Å². The summed E-state index contributed by atoms with van der Waals surface area (Å²) in [6.45, 7) is 0. The summed E-state index contributed by atoms with van der Waals surface area (Å²) in [5, 5.41) is 0. The van der Waals surface area contributed by atoms with Gasteiger partial charge in [0.15, 0.2) is 23.3 Å². The van der Waals surface area contributed by atoms with Gasteiger partial charge in [-0.05, 0) is 30.9 Å². The van der Waals surface area contributed by atoms with Crippen LogP contribution in [-0.4, -0.2) is 23.2 Å². The monoisotopic (exact) mass is 312 g/mol. The zero-order chi connectivity index (χ0) is 15.3. The molecule has 0 atom stereocenters. The fraction of sp³-hybridized carbons (Fsp3) is 0.500. The van der Waals surface area contributed by atoms with E-state index in [2.05, 4.69) is 0 Å². The Labute approximate surface area is 114 Å². The molecule has 0 unspecified atom stereocenters. The molecule has 0 saturated carbocycles. The van der Waals surface area contributed by atoms with Gasteiger partial charge >= 0.3 is 8.80 Å². The predicted octanol–water partition coefficient (Wildman–Crippen LogP) is 2.26. The van der Waals surface area contributed by atoms with Crippen molar-refractivity contribution in [3.8, 4) is 0 Å². The van der Waals surface area contributed by atoms with Crippen molar-refractivity contribution < 1.29 is 31.9 Å². The zero-order valence-corrected chi connectivity index (χ0v) is 11.7. The molecular formula is C12H16F4O3Si.